The van der Waals surface area contributed by atoms with E-state index in [1.807, 2.05) is 23.7 Å². The Morgan fingerprint density at radius 1 is 1.03 bits per heavy atom. The maximum atomic E-state index is 14.7. The number of rotatable bonds is 6. The highest BCUT2D eigenvalue weighted by Gasteiger charge is 2.38. The first-order valence-electron chi connectivity index (χ1n) is 9.15. The average molecular weight is 487 g/mol. The van der Waals surface area contributed by atoms with Crippen LogP contribution in [0.15, 0.2) is 65.7 Å². The van der Waals surface area contributed by atoms with Crippen LogP contribution in [0.4, 0.5) is 22.0 Å². The van der Waals surface area contributed by atoms with E-state index in [0.29, 0.717) is 11.6 Å². The Morgan fingerprint density at radius 2 is 1.69 bits per heavy atom. The minimum atomic E-state index is -4.80. The number of benzene rings is 2. The van der Waals surface area contributed by atoms with Crippen LogP contribution in [0.5, 0.6) is 0 Å². The van der Waals surface area contributed by atoms with Crippen LogP contribution >= 0.6 is 23.4 Å². The Kier molecular flexibility index (Phi) is 7.09. The topological polar surface area (TPSA) is 42.0 Å². The normalized spacial score (nSPS) is 12.0. The van der Waals surface area contributed by atoms with Gasteiger partial charge >= 0.3 is 12.1 Å². The van der Waals surface area contributed by atoms with Gasteiger partial charge in [0.15, 0.2) is 0 Å². The lowest BCUT2D eigenvalue weighted by atomic mass is 10.1. The number of alkyl halides is 5. The Hall–Kier alpha value is -2.65. The van der Waals surface area contributed by atoms with Crippen molar-refractivity contribution >= 4 is 29.3 Å². The predicted molar refractivity (Wildman–Crippen MR) is 114 cm³/mol. The standard InChI is InChI=1S/C22H16ClF5N2OS/c1-32-15-8-6-13(7-9-15)14-10-18(23)19(29-11-14)21(24,25)12-30-20(31)16-4-2-3-5-17(16)22(26,27)28/h2-11H,12H2,1H3,(H,30,31). The first-order valence-corrected chi connectivity index (χ1v) is 10.8. The van der Waals surface area contributed by atoms with Crippen molar-refractivity contribution in [2.45, 2.75) is 17.0 Å². The summed E-state index contributed by atoms with van der Waals surface area (Å²) in [6.45, 7) is -1.27. The number of amides is 1. The first kappa shape index (κ1) is 24.0. The lowest BCUT2D eigenvalue weighted by Crippen LogP contribution is -2.36. The summed E-state index contributed by atoms with van der Waals surface area (Å²) in [6, 6.07) is 12.6. The van der Waals surface area contributed by atoms with E-state index in [0.717, 1.165) is 22.6 Å². The van der Waals surface area contributed by atoms with Gasteiger partial charge in [-0.05, 0) is 42.2 Å². The van der Waals surface area contributed by atoms with Crippen molar-refractivity contribution in [2.24, 2.45) is 0 Å². The summed E-state index contributed by atoms with van der Waals surface area (Å²) in [5, 5.41) is 1.52. The molecule has 0 aliphatic carbocycles. The van der Waals surface area contributed by atoms with Crippen LogP contribution in [0.3, 0.4) is 0 Å². The minimum Gasteiger partial charge on any atom is -0.346 e. The summed E-state index contributed by atoms with van der Waals surface area (Å²) >= 11 is 7.58. The maximum absolute atomic E-state index is 14.7. The number of pyridine rings is 1. The Labute approximate surface area is 190 Å². The van der Waals surface area contributed by atoms with Crippen molar-refractivity contribution in [3.8, 4) is 11.1 Å². The van der Waals surface area contributed by atoms with Gasteiger partial charge in [0, 0.05) is 16.7 Å². The van der Waals surface area contributed by atoms with Gasteiger partial charge in [0.25, 0.3) is 5.91 Å². The van der Waals surface area contributed by atoms with Gasteiger partial charge in [-0.3, -0.25) is 9.78 Å². The molecule has 0 radical (unpaired) electrons. The van der Waals surface area contributed by atoms with E-state index in [-0.39, 0.29) is 5.02 Å². The molecule has 0 saturated carbocycles. The predicted octanol–water partition coefficient (Wildman–Crippen LogP) is 6.66. The molecule has 1 N–H and O–H groups in total. The SMILES string of the molecule is CSc1ccc(-c2cnc(C(F)(F)CNC(=O)c3ccccc3C(F)(F)F)c(Cl)c2)cc1. The van der Waals surface area contributed by atoms with Gasteiger partial charge in [0.1, 0.15) is 5.69 Å². The van der Waals surface area contributed by atoms with Crippen molar-refractivity contribution in [2.75, 3.05) is 12.8 Å². The van der Waals surface area contributed by atoms with E-state index >= 15 is 0 Å². The lowest BCUT2D eigenvalue weighted by molar-refractivity contribution is -0.137. The lowest BCUT2D eigenvalue weighted by Gasteiger charge is -2.19. The number of carbonyl (C=O) groups excluding carboxylic acids is 1. The van der Waals surface area contributed by atoms with Gasteiger partial charge in [-0.25, -0.2) is 0 Å². The van der Waals surface area contributed by atoms with E-state index in [1.165, 1.54) is 18.3 Å². The second-order valence-corrected chi connectivity index (χ2v) is 8.00. The van der Waals surface area contributed by atoms with Crippen molar-refractivity contribution in [3.05, 3.63) is 82.6 Å². The molecule has 0 spiro atoms. The third-order valence-electron chi connectivity index (χ3n) is 4.56. The second-order valence-electron chi connectivity index (χ2n) is 6.71. The zero-order chi connectivity index (χ0) is 23.5. The molecule has 1 amide bonds. The van der Waals surface area contributed by atoms with Gasteiger partial charge in [0.05, 0.1) is 22.7 Å². The summed E-state index contributed by atoms with van der Waals surface area (Å²) in [6.07, 6.45) is -1.65. The third kappa shape index (κ3) is 5.39. The highest BCUT2D eigenvalue weighted by atomic mass is 35.5. The molecule has 0 saturated heterocycles. The van der Waals surface area contributed by atoms with Crippen LogP contribution in [0, 0.1) is 0 Å². The van der Waals surface area contributed by atoms with Gasteiger partial charge in [-0.15, -0.1) is 11.8 Å². The molecule has 3 nitrogen and oxygen atoms in total. The molecule has 3 rings (SSSR count). The second kappa shape index (κ2) is 9.46. The van der Waals surface area contributed by atoms with E-state index in [1.54, 1.807) is 23.9 Å². The quantitative estimate of drug-likeness (QED) is 0.313. The van der Waals surface area contributed by atoms with Gasteiger partial charge in [-0.1, -0.05) is 35.9 Å². The number of carbonyl (C=O) groups is 1. The number of aromatic nitrogens is 1. The first-order chi connectivity index (χ1) is 15.0. The molecular formula is C22H16ClF5N2OS. The number of hydrogen-bond acceptors (Lipinski definition) is 3. The molecule has 168 valence electrons. The maximum Gasteiger partial charge on any atom is 0.417 e. The summed E-state index contributed by atoms with van der Waals surface area (Å²) in [5.74, 6) is -4.99. The smallest absolute Gasteiger partial charge is 0.346 e. The van der Waals surface area contributed by atoms with E-state index in [9.17, 15) is 26.7 Å². The van der Waals surface area contributed by atoms with Crippen LogP contribution in [-0.4, -0.2) is 23.7 Å². The molecule has 1 heterocycles. The third-order valence-corrected chi connectivity index (χ3v) is 5.59. The zero-order valence-electron chi connectivity index (χ0n) is 16.5. The molecule has 2 aromatic carbocycles. The molecule has 0 aliphatic rings. The van der Waals surface area contributed by atoms with Gasteiger partial charge in [0.2, 0.25) is 0 Å². The Bertz CT molecular complexity index is 1120. The Balaban J connectivity index is 1.77. The summed E-state index contributed by atoms with van der Waals surface area (Å²) in [4.78, 5) is 17.0. The summed E-state index contributed by atoms with van der Waals surface area (Å²) < 4.78 is 68.5. The molecule has 0 unspecified atom stereocenters. The van der Waals surface area contributed by atoms with Crippen LogP contribution in [0.2, 0.25) is 5.02 Å². The molecule has 0 atom stereocenters. The van der Waals surface area contributed by atoms with Crippen molar-refractivity contribution in [3.63, 3.8) is 0 Å². The van der Waals surface area contributed by atoms with Crippen LogP contribution in [-0.2, 0) is 12.1 Å². The number of nitrogens with zero attached hydrogens (tertiary/aromatic N) is 1. The fourth-order valence-electron chi connectivity index (χ4n) is 2.95. The highest BCUT2D eigenvalue weighted by molar-refractivity contribution is 7.98. The van der Waals surface area contributed by atoms with Crippen molar-refractivity contribution in [1.82, 2.24) is 10.3 Å². The summed E-state index contributed by atoms with van der Waals surface area (Å²) in [5.41, 5.74) is -1.50. The van der Waals surface area contributed by atoms with Crippen LogP contribution < -0.4 is 5.32 Å². The monoisotopic (exact) mass is 486 g/mol. The van der Waals surface area contributed by atoms with Crippen LogP contribution in [0.25, 0.3) is 11.1 Å². The Morgan fingerprint density at radius 3 is 2.28 bits per heavy atom. The van der Waals surface area contributed by atoms with Crippen molar-refractivity contribution in [1.29, 1.82) is 0 Å². The highest BCUT2D eigenvalue weighted by Crippen LogP contribution is 2.35. The zero-order valence-corrected chi connectivity index (χ0v) is 18.1. The van der Waals surface area contributed by atoms with Crippen LogP contribution in [0.1, 0.15) is 21.6 Å². The number of hydrogen-bond donors (Lipinski definition) is 1. The molecule has 0 bridgehead atoms. The van der Waals surface area contributed by atoms with E-state index in [2.05, 4.69) is 4.98 Å². The average Bonchev–Trinajstić information content (AvgIpc) is 2.76. The molecule has 0 fully saturated rings. The fourth-order valence-corrected chi connectivity index (χ4v) is 3.66. The van der Waals surface area contributed by atoms with E-state index < -0.39 is 41.4 Å². The van der Waals surface area contributed by atoms with Gasteiger partial charge < -0.3 is 5.32 Å². The van der Waals surface area contributed by atoms with Gasteiger partial charge in [-0.2, -0.15) is 22.0 Å². The number of nitrogens with one attached hydrogen (secondary N) is 1. The summed E-state index contributed by atoms with van der Waals surface area (Å²) in [7, 11) is 0. The molecule has 0 aliphatic heterocycles. The minimum absolute atomic E-state index is 0.327. The largest absolute Gasteiger partial charge is 0.417 e. The fraction of sp³-hybridized carbons (Fsp3) is 0.182. The molecular weight excluding hydrogens is 471 g/mol. The number of thioether (sulfide) groups is 1. The molecule has 1 aromatic heterocycles. The number of halogens is 6. The molecule has 3 aromatic rings. The molecule has 10 heteroatoms. The molecule has 32 heavy (non-hydrogen) atoms. The van der Waals surface area contributed by atoms with E-state index in [4.69, 9.17) is 11.6 Å². The van der Waals surface area contributed by atoms with Crippen molar-refractivity contribution < 1.29 is 26.7 Å².